The van der Waals surface area contributed by atoms with Gasteiger partial charge in [0.15, 0.2) is 0 Å². The Morgan fingerprint density at radius 3 is 2.63 bits per heavy atom. The maximum absolute atomic E-state index is 12.3. The van der Waals surface area contributed by atoms with E-state index in [-0.39, 0.29) is 25.2 Å². The van der Waals surface area contributed by atoms with Gasteiger partial charge < -0.3 is 29.9 Å². The summed E-state index contributed by atoms with van der Waals surface area (Å²) in [6.45, 7) is 2.87. The maximum Gasteiger partial charge on any atom is 0.317 e. The standard InChI is InChI=1S/C19H29N3O5/c1-21(12-14-5-3-2-4-6-14)17-15(27-16(13-23)18(17)24)11-20-19(25)22-7-9-26-10-8-22/h2-6,15-18,23-24H,7-13H2,1H3,(H,20,25)/t15-,16+,17+,18-/m1/s1. The van der Waals surface area contributed by atoms with Crippen molar-refractivity contribution in [2.24, 2.45) is 0 Å². The first-order valence-corrected chi connectivity index (χ1v) is 9.39. The lowest BCUT2D eigenvalue weighted by molar-refractivity contribution is -0.0211. The average molecular weight is 379 g/mol. The molecule has 0 unspecified atom stereocenters. The number of hydrogen-bond donors (Lipinski definition) is 3. The second-order valence-corrected chi connectivity index (χ2v) is 7.06. The molecule has 0 aromatic heterocycles. The Hall–Kier alpha value is -1.71. The predicted octanol–water partition coefficient (Wildman–Crippen LogP) is -0.351. The number of morpholine rings is 1. The molecule has 2 heterocycles. The topological polar surface area (TPSA) is 94.5 Å². The van der Waals surface area contributed by atoms with Gasteiger partial charge in [-0.1, -0.05) is 30.3 Å². The summed E-state index contributed by atoms with van der Waals surface area (Å²) in [4.78, 5) is 16.1. The van der Waals surface area contributed by atoms with Gasteiger partial charge in [0.25, 0.3) is 0 Å². The predicted molar refractivity (Wildman–Crippen MR) is 99.2 cm³/mol. The van der Waals surface area contributed by atoms with Crippen molar-refractivity contribution in [2.75, 3.05) is 46.5 Å². The SMILES string of the molecule is CN(Cc1ccccc1)[C@@H]1[C@H](O)[C@H](CO)O[C@@H]1CNC(=O)N1CCOCC1. The molecule has 2 aliphatic heterocycles. The largest absolute Gasteiger partial charge is 0.394 e. The van der Waals surface area contributed by atoms with Gasteiger partial charge in [-0.3, -0.25) is 4.90 Å². The van der Waals surface area contributed by atoms with Gasteiger partial charge in [0.05, 0.1) is 32.0 Å². The summed E-state index contributed by atoms with van der Waals surface area (Å²) in [6, 6.07) is 9.47. The van der Waals surface area contributed by atoms with E-state index in [9.17, 15) is 15.0 Å². The fourth-order valence-electron chi connectivity index (χ4n) is 3.73. The Kier molecular flexibility index (Phi) is 7.03. The van der Waals surface area contributed by atoms with E-state index >= 15 is 0 Å². The molecule has 8 heteroatoms. The van der Waals surface area contributed by atoms with Crippen LogP contribution in [0.2, 0.25) is 0 Å². The number of nitrogens with one attached hydrogen (secondary N) is 1. The highest BCUT2D eigenvalue weighted by Gasteiger charge is 2.45. The average Bonchev–Trinajstić information content (AvgIpc) is 3.03. The van der Waals surface area contributed by atoms with Gasteiger partial charge in [-0.15, -0.1) is 0 Å². The summed E-state index contributed by atoms with van der Waals surface area (Å²) >= 11 is 0. The molecule has 4 atom stereocenters. The van der Waals surface area contributed by atoms with Crippen LogP contribution in [0.5, 0.6) is 0 Å². The lowest BCUT2D eigenvalue weighted by atomic mass is 10.0. The zero-order valence-corrected chi connectivity index (χ0v) is 15.7. The summed E-state index contributed by atoms with van der Waals surface area (Å²) in [5.74, 6) is 0. The minimum Gasteiger partial charge on any atom is -0.394 e. The molecular formula is C19H29N3O5. The molecule has 0 radical (unpaired) electrons. The Balaban J connectivity index is 1.61. The Morgan fingerprint density at radius 2 is 1.96 bits per heavy atom. The van der Waals surface area contributed by atoms with E-state index in [1.165, 1.54) is 0 Å². The van der Waals surface area contributed by atoms with Gasteiger partial charge in [-0.2, -0.15) is 0 Å². The van der Waals surface area contributed by atoms with E-state index in [2.05, 4.69) is 5.32 Å². The van der Waals surface area contributed by atoms with Crippen molar-refractivity contribution in [3.8, 4) is 0 Å². The number of amides is 2. The summed E-state index contributed by atoms with van der Waals surface area (Å²) in [5.41, 5.74) is 1.12. The van der Waals surface area contributed by atoms with E-state index in [1.54, 1.807) is 4.90 Å². The number of carbonyl (C=O) groups excluding carboxylic acids is 1. The van der Waals surface area contributed by atoms with Crippen molar-refractivity contribution in [3.63, 3.8) is 0 Å². The fourth-order valence-corrected chi connectivity index (χ4v) is 3.73. The molecule has 3 N–H and O–H groups in total. The number of nitrogens with zero attached hydrogens (tertiary/aromatic N) is 2. The molecule has 150 valence electrons. The highest BCUT2D eigenvalue weighted by molar-refractivity contribution is 5.74. The molecule has 2 amide bonds. The number of aliphatic hydroxyl groups excluding tert-OH is 2. The van der Waals surface area contributed by atoms with Gasteiger partial charge in [0.1, 0.15) is 12.2 Å². The Labute approximate surface area is 159 Å². The van der Waals surface area contributed by atoms with Crippen LogP contribution in [0.25, 0.3) is 0 Å². The molecule has 3 rings (SSSR count). The molecule has 0 aliphatic carbocycles. The van der Waals surface area contributed by atoms with Crippen molar-refractivity contribution in [1.82, 2.24) is 15.1 Å². The van der Waals surface area contributed by atoms with E-state index < -0.39 is 18.3 Å². The number of ether oxygens (including phenoxy) is 2. The number of urea groups is 1. The van der Waals surface area contributed by atoms with Crippen molar-refractivity contribution >= 4 is 6.03 Å². The molecule has 2 saturated heterocycles. The first kappa shape index (κ1) is 20.0. The van der Waals surface area contributed by atoms with Crippen molar-refractivity contribution in [1.29, 1.82) is 0 Å². The number of benzene rings is 1. The van der Waals surface area contributed by atoms with Crippen LogP contribution in [0.3, 0.4) is 0 Å². The molecule has 1 aromatic rings. The number of likely N-dealkylation sites (N-methyl/N-ethyl adjacent to an activating group) is 1. The van der Waals surface area contributed by atoms with Gasteiger partial charge in [-0.05, 0) is 12.6 Å². The second-order valence-electron chi connectivity index (χ2n) is 7.06. The maximum atomic E-state index is 12.3. The van der Waals surface area contributed by atoms with Crippen molar-refractivity contribution < 1.29 is 24.5 Å². The van der Waals surface area contributed by atoms with E-state index in [0.29, 0.717) is 32.8 Å². The summed E-state index contributed by atoms with van der Waals surface area (Å²) in [5, 5.41) is 23.0. The molecular weight excluding hydrogens is 350 g/mol. The van der Waals surface area contributed by atoms with Crippen LogP contribution in [0.1, 0.15) is 5.56 Å². The van der Waals surface area contributed by atoms with Crippen LogP contribution in [0.15, 0.2) is 30.3 Å². The highest BCUT2D eigenvalue weighted by atomic mass is 16.5. The Bertz CT molecular complexity index is 596. The summed E-state index contributed by atoms with van der Waals surface area (Å²) < 4.78 is 11.1. The number of rotatable bonds is 6. The Morgan fingerprint density at radius 1 is 1.26 bits per heavy atom. The van der Waals surface area contributed by atoms with Crippen LogP contribution in [0.4, 0.5) is 4.79 Å². The quantitative estimate of drug-likeness (QED) is 0.626. The summed E-state index contributed by atoms with van der Waals surface area (Å²) in [6.07, 6.45) is -1.89. The second kappa shape index (κ2) is 9.48. The molecule has 2 fully saturated rings. The van der Waals surface area contributed by atoms with Crippen molar-refractivity contribution in [3.05, 3.63) is 35.9 Å². The minimum absolute atomic E-state index is 0.159. The van der Waals surface area contributed by atoms with Gasteiger partial charge >= 0.3 is 6.03 Å². The fraction of sp³-hybridized carbons (Fsp3) is 0.632. The number of carbonyl (C=O) groups is 1. The monoisotopic (exact) mass is 379 g/mol. The molecule has 0 spiro atoms. The van der Waals surface area contributed by atoms with Crippen LogP contribution in [-0.4, -0.2) is 96.9 Å². The summed E-state index contributed by atoms with van der Waals surface area (Å²) in [7, 11) is 1.92. The zero-order chi connectivity index (χ0) is 19.2. The molecule has 0 bridgehead atoms. The number of hydrogen-bond acceptors (Lipinski definition) is 6. The molecule has 1 aromatic carbocycles. The third-order valence-corrected chi connectivity index (χ3v) is 5.18. The van der Waals surface area contributed by atoms with E-state index in [0.717, 1.165) is 5.56 Å². The third kappa shape index (κ3) is 4.97. The number of aliphatic hydroxyl groups is 2. The molecule has 8 nitrogen and oxygen atoms in total. The van der Waals surface area contributed by atoms with Crippen LogP contribution in [-0.2, 0) is 16.0 Å². The van der Waals surface area contributed by atoms with Gasteiger partial charge in [0.2, 0.25) is 0 Å². The normalized spacial score (nSPS) is 28.5. The third-order valence-electron chi connectivity index (χ3n) is 5.18. The van der Waals surface area contributed by atoms with Crippen molar-refractivity contribution in [2.45, 2.75) is 30.9 Å². The zero-order valence-electron chi connectivity index (χ0n) is 15.7. The van der Waals surface area contributed by atoms with Crippen LogP contribution >= 0.6 is 0 Å². The van der Waals surface area contributed by atoms with Gasteiger partial charge in [-0.25, -0.2) is 4.79 Å². The molecule has 27 heavy (non-hydrogen) atoms. The lowest BCUT2D eigenvalue weighted by Crippen LogP contribution is -2.52. The van der Waals surface area contributed by atoms with Crippen LogP contribution < -0.4 is 5.32 Å². The van der Waals surface area contributed by atoms with E-state index in [1.807, 2.05) is 42.3 Å². The molecule has 2 aliphatic rings. The molecule has 0 saturated carbocycles. The first-order chi connectivity index (χ1) is 13.1. The first-order valence-electron chi connectivity index (χ1n) is 9.39. The van der Waals surface area contributed by atoms with E-state index in [4.69, 9.17) is 9.47 Å². The lowest BCUT2D eigenvalue weighted by Gasteiger charge is -2.31. The minimum atomic E-state index is -0.825. The highest BCUT2D eigenvalue weighted by Crippen LogP contribution is 2.26. The van der Waals surface area contributed by atoms with Gasteiger partial charge in [0, 0.05) is 26.2 Å². The van der Waals surface area contributed by atoms with Crippen LogP contribution in [0, 0.1) is 0 Å². The smallest absolute Gasteiger partial charge is 0.317 e.